The van der Waals surface area contributed by atoms with Crippen molar-refractivity contribution in [3.63, 3.8) is 0 Å². The van der Waals surface area contributed by atoms with Crippen LogP contribution in [0, 0.1) is 11.2 Å². The summed E-state index contributed by atoms with van der Waals surface area (Å²) in [6.45, 7) is 8.32. The van der Waals surface area contributed by atoms with Gasteiger partial charge in [0.15, 0.2) is 0 Å². The van der Waals surface area contributed by atoms with Crippen molar-refractivity contribution in [2.45, 2.75) is 27.2 Å². The van der Waals surface area contributed by atoms with Gasteiger partial charge in [0.2, 0.25) is 0 Å². The van der Waals surface area contributed by atoms with Crippen LogP contribution in [0.25, 0.3) is 0 Å². The molecule has 0 amide bonds. The van der Waals surface area contributed by atoms with Gasteiger partial charge in [-0.1, -0.05) is 38.4 Å². The molecule has 1 aromatic carbocycles. The lowest BCUT2D eigenvalue weighted by Gasteiger charge is -2.25. The number of rotatable bonds is 5. The lowest BCUT2D eigenvalue weighted by Crippen LogP contribution is -2.31. The molecule has 0 fully saturated rings. The van der Waals surface area contributed by atoms with Gasteiger partial charge >= 0.3 is 0 Å². The van der Waals surface area contributed by atoms with Crippen molar-refractivity contribution in [2.75, 3.05) is 13.1 Å². The summed E-state index contributed by atoms with van der Waals surface area (Å²) in [6.07, 6.45) is 0.846. The van der Waals surface area contributed by atoms with Crippen LogP contribution >= 0.6 is 11.6 Å². The van der Waals surface area contributed by atoms with Crippen LogP contribution in [0.2, 0.25) is 5.02 Å². The minimum Gasteiger partial charge on any atom is -0.316 e. The SMILES string of the molecule is CCNCC(C)(C)Cc1ccc(F)cc1Cl. The average Bonchev–Trinajstić information content (AvgIpc) is 2.19. The Morgan fingerprint density at radius 3 is 2.62 bits per heavy atom. The van der Waals surface area contributed by atoms with Gasteiger partial charge in [-0.2, -0.15) is 0 Å². The normalized spacial score (nSPS) is 11.8. The zero-order valence-corrected chi connectivity index (χ0v) is 10.9. The number of halogens is 2. The van der Waals surface area contributed by atoms with Gasteiger partial charge in [-0.15, -0.1) is 0 Å². The molecule has 0 aromatic heterocycles. The van der Waals surface area contributed by atoms with E-state index < -0.39 is 0 Å². The van der Waals surface area contributed by atoms with Crippen LogP contribution in [0.3, 0.4) is 0 Å². The fourth-order valence-corrected chi connectivity index (χ4v) is 1.94. The quantitative estimate of drug-likeness (QED) is 0.832. The van der Waals surface area contributed by atoms with Crippen molar-refractivity contribution in [1.82, 2.24) is 5.32 Å². The molecule has 0 aliphatic carbocycles. The predicted octanol–water partition coefficient (Wildman–Crippen LogP) is 3.66. The van der Waals surface area contributed by atoms with Crippen LogP contribution in [-0.4, -0.2) is 13.1 Å². The first-order chi connectivity index (χ1) is 7.44. The van der Waals surface area contributed by atoms with Crippen molar-refractivity contribution < 1.29 is 4.39 Å². The summed E-state index contributed by atoms with van der Waals surface area (Å²) in [4.78, 5) is 0. The lowest BCUT2D eigenvalue weighted by atomic mass is 9.85. The Kier molecular flexibility index (Phi) is 4.75. The monoisotopic (exact) mass is 243 g/mol. The third-order valence-electron chi connectivity index (χ3n) is 2.54. The van der Waals surface area contributed by atoms with E-state index >= 15 is 0 Å². The zero-order chi connectivity index (χ0) is 12.2. The van der Waals surface area contributed by atoms with Gasteiger partial charge in [0.1, 0.15) is 5.82 Å². The molecule has 1 nitrogen and oxygen atoms in total. The second-order valence-electron chi connectivity index (χ2n) is 4.86. The first-order valence-electron chi connectivity index (χ1n) is 5.59. The highest BCUT2D eigenvalue weighted by Gasteiger charge is 2.19. The summed E-state index contributed by atoms with van der Waals surface area (Å²) >= 11 is 6.01. The Balaban J connectivity index is 2.71. The Labute approximate surface area is 102 Å². The predicted molar refractivity (Wildman–Crippen MR) is 67.4 cm³/mol. The summed E-state index contributed by atoms with van der Waals surface area (Å²) in [6, 6.07) is 4.61. The van der Waals surface area contributed by atoms with Crippen LogP contribution in [0.5, 0.6) is 0 Å². The molecule has 1 rings (SSSR count). The molecule has 16 heavy (non-hydrogen) atoms. The van der Waals surface area contributed by atoms with E-state index in [0.29, 0.717) is 5.02 Å². The fourth-order valence-electron chi connectivity index (χ4n) is 1.71. The molecule has 0 bridgehead atoms. The van der Waals surface area contributed by atoms with Crippen molar-refractivity contribution in [3.05, 3.63) is 34.6 Å². The summed E-state index contributed by atoms with van der Waals surface area (Å²) in [7, 11) is 0. The van der Waals surface area contributed by atoms with Crippen LogP contribution < -0.4 is 5.32 Å². The maximum absolute atomic E-state index is 12.9. The van der Waals surface area contributed by atoms with E-state index in [4.69, 9.17) is 11.6 Å². The highest BCUT2D eigenvalue weighted by molar-refractivity contribution is 6.31. The maximum Gasteiger partial charge on any atom is 0.124 e. The third kappa shape index (κ3) is 4.11. The minimum atomic E-state index is -0.279. The number of hydrogen-bond donors (Lipinski definition) is 1. The Morgan fingerprint density at radius 2 is 2.06 bits per heavy atom. The van der Waals surface area contributed by atoms with Crippen LogP contribution in [-0.2, 0) is 6.42 Å². The van der Waals surface area contributed by atoms with E-state index in [9.17, 15) is 4.39 Å². The smallest absolute Gasteiger partial charge is 0.124 e. The lowest BCUT2D eigenvalue weighted by molar-refractivity contribution is 0.342. The molecular weight excluding hydrogens is 225 g/mol. The second-order valence-corrected chi connectivity index (χ2v) is 5.26. The molecule has 3 heteroatoms. The van der Waals surface area contributed by atoms with Crippen LogP contribution in [0.4, 0.5) is 4.39 Å². The molecule has 1 N–H and O–H groups in total. The maximum atomic E-state index is 12.9. The van der Waals surface area contributed by atoms with Gasteiger partial charge in [0, 0.05) is 11.6 Å². The second kappa shape index (κ2) is 5.65. The molecular formula is C13H19ClFN. The van der Waals surface area contributed by atoms with Gasteiger partial charge in [0.25, 0.3) is 0 Å². The van der Waals surface area contributed by atoms with E-state index in [2.05, 4.69) is 26.1 Å². The summed E-state index contributed by atoms with van der Waals surface area (Å²) in [5.74, 6) is -0.279. The van der Waals surface area contributed by atoms with Crippen molar-refractivity contribution in [1.29, 1.82) is 0 Å². The van der Waals surface area contributed by atoms with Gasteiger partial charge in [-0.25, -0.2) is 4.39 Å². The Hall–Kier alpha value is -0.600. The first kappa shape index (κ1) is 13.5. The number of benzene rings is 1. The van der Waals surface area contributed by atoms with E-state index in [1.807, 2.05) is 0 Å². The number of hydrogen-bond acceptors (Lipinski definition) is 1. The molecule has 0 heterocycles. The third-order valence-corrected chi connectivity index (χ3v) is 2.89. The van der Waals surface area contributed by atoms with E-state index in [1.54, 1.807) is 6.07 Å². The largest absolute Gasteiger partial charge is 0.316 e. The standard InChI is InChI=1S/C13H19ClFN/c1-4-16-9-13(2,3)8-10-5-6-11(15)7-12(10)14/h5-7,16H,4,8-9H2,1-3H3. The Morgan fingerprint density at radius 1 is 1.38 bits per heavy atom. The van der Waals surface area contributed by atoms with Crippen molar-refractivity contribution in [2.24, 2.45) is 5.41 Å². The first-order valence-corrected chi connectivity index (χ1v) is 5.97. The van der Waals surface area contributed by atoms with Crippen molar-refractivity contribution >= 4 is 11.6 Å². The molecule has 0 saturated heterocycles. The average molecular weight is 244 g/mol. The number of nitrogens with one attached hydrogen (secondary N) is 1. The summed E-state index contributed by atoms with van der Waals surface area (Å²) < 4.78 is 12.9. The molecule has 0 radical (unpaired) electrons. The molecule has 0 atom stereocenters. The molecule has 0 spiro atoms. The van der Waals surface area contributed by atoms with Gasteiger partial charge in [0.05, 0.1) is 0 Å². The highest BCUT2D eigenvalue weighted by Crippen LogP contribution is 2.26. The van der Waals surface area contributed by atoms with Gasteiger partial charge in [-0.3, -0.25) is 0 Å². The molecule has 0 unspecified atom stereocenters. The fraction of sp³-hybridized carbons (Fsp3) is 0.538. The highest BCUT2D eigenvalue weighted by atomic mass is 35.5. The van der Waals surface area contributed by atoms with E-state index in [-0.39, 0.29) is 11.2 Å². The van der Waals surface area contributed by atoms with E-state index in [1.165, 1.54) is 12.1 Å². The van der Waals surface area contributed by atoms with Gasteiger partial charge in [-0.05, 0) is 36.1 Å². The van der Waals surface area contributed by atoms with Gasteiger partial charge < -0.3 is 5.32 Å². The summed E-state index contributed by atoms with van der Waals surface area (Å²) in [5, 5.41) is 3.84. The van der Waals surface area contributed by atoms with E-state index in [0.717, 1.165) is 25.1 Å². The molecule has 0 aliphatic rings. The van der Waals surface area contributed by atoms with Crippen LogP contribution in [0.15, 0.2) is 18.2 Å². The Bertz CT molecular complexity index is 350. The molecule has 1 aromatic rings. The van der Waals surface area contributed by atoms with Crippen molar-refractivity contribution in [3.8, 4) is 0 Å². The molecule has 0 aliphatic heterocycles. The molecule has 0 saturated carbocycles. The topological polar surface area (TPSA) is 12.0 Å². The zero-order valence-electron chi connectivity index (χ0n) is 10.1. The minimum absolute atomic E-state index is 0.122. The molecule has 90 valence electrons. The summed E-state index contributed by atoms with van der Waals surface area (Å²) in [5.41, 5.74) is 1.13. The van der Waals surface area contributed by atoms with Crippen LogP contribution in [0.1, 0.15) is 26.3 Å².